The molecule has 0 atom stereocenters. The minimum Gasteiger partial charge on any atom is -0.346 e. The third-order valence-electron chi connectivity index (χ3n) is 3.72. The van der Waals surface area contributed by atoms with Gasteiger partial charge >= 0.3 is 0 Å². The van der Waals surface area contributed by atoms with E-state index in [1.54, 1.807) is 48.3 Å². The van der Waals surface area contributed by atoms with Gasteiger partial charge in [0.05, 0.1) is 22.7 Å². The monoisotopic (exact) mass is 358 g/mol. The zero-order chi connectivity index (χ0) is 18.0. The summed E-state index contributed by atoms with van der Waals surface area (Å²) in [7, 11) is -1.92. The van der Waals surface area contributed by atoms with Gasteiger partial charge in [0.2, 0.25) is 0 Å². The van der Waals surface area contributed by atoms with Crippen LogP contribution in [0.15, 0.2) is 59.9 Å². The maximum Gasteiger partial charge on any atom is 0.267 e. The molecule has 3 aromatic rings. The predicted molar refractivity (Wildman–Crippen MR) is 92.6 cm³/mol. The summed E-state index contributed by atoms with van der Waals surface area (Å²) in [4.78, 5) is 12.4. The van der Waals surface area contributed by atoms with Crippen LogP contribution in [-0.2, 0) is 23.6 Å². The molecule has 25 heavy (non-hydrogen) atoms. The summed E-state index contributed by atoms with van der Waals surface area (Å²) in [5, 5.41) is 6.89. The van der Waals surface area contributed by atoms with Gasteiger partial charge < -0.3 is 5.32 Å². The van der Waals surface area contributed by atoms with E-state index in [1.807, 2.05) is 6.92 Å². The van der Waals surface area contributed by atoms with Gasteiger partial charge in [0.25, 0.3) is 15.9 Å². The lowest BCUT2D eigenvalue weighted by Gasteiger charge is -2.06. The van der Waals surface area contributed by atoms with E-state index in [4.69, 9.17) is 0 Å². The van der Waals surface area contributed by atoms with Crippen molar-refractivity contribution in [1.29, 1.82) is 0 Å². The number of aryl methyl sites for hydroxylation is 2. The quantitative estimate of drug-likeness (QED) is 0.752. The standard InChI is InChI=1S/C17H18N4O3S/c1-13-3-5-16(6-4-13)25(23,24)21-10-7-14(12-21)17(22)18-11-15-8-9-20(2)19-15/h3-10,12H,11H2,1-2H3,(H,18,22). The molecular weight excluding hydrogens is 340 g/mol. The number of carbonyl (C=O) groups excluding carboxylic acids is 1. The molecule has 0 aliphatic carbocycles. The van der Waals surface area contributed by atoms with Gasteiger partial charge in [-0.25, -0.2) is 12.4 Å². The van der Waals surface area contributed by atoms with Crippen molar-refractivity contribution < 1.29 is 13.2 Å². The van der Waals surface area contributed by atoms with E-state index in [0.29, 0.717) is 0 Å². The van der Waals surface area contributed by atoms with E-state index in [9.17, 15) is 13.2 Å². The molecule has 0 saturated heterocycles. The van der Waals surface area contributed by atoms with Gasteiger partial charge in [-0.1, -0.05) is 17.7 Å². The Labute approximate surface area is 146 Å². The van der Waals surface area contributed by atoms with Crippen LogP contribution in [0.2, 0.25) is 0 Å². The molecule has 8 heteroatoms. The van der Waals surface area contributed by atoms with Gasteiger partial charge in [0, 0.05) is 25.6 Å². The van der Waals surface area contributed by atoms with Crippen LogP contribution in [0.1, 0.15) is 21.6 Å². The number of nitrogens with one attached hydrogen (secondary N) is 1. The van der Waals surface area contributed by atoms with E-state index in [1.165, 1.54) is 18.5 Å². The van der Waals surface area contributed by atoms with Gasteiger partial charge in [-0.2, -0.15) is 5.10 Å². The van der Waals surface area contributed by atoms with Crippen molar-refractivity contribution in [2.24, 2.45) is 7.05 Å². The molecule has 2 aromatic heterocycles. The minimum atomic E-state index is -3.71. The van der Waals surface area contributed by atoms with Crippen LogP contribution in [-0.4, -0.2) is 28.1 Å². The largest absolute Gasteiger partial charge is 0.346 e. The number of carbonyl (C=O) groups is 1. The van der Waals surface area contributed by atoms with Crippen molar-refractivity contribution in [3.63, 3.8) is 0 Å². The van der Waals surface area contributed by atoms with Gasteiger partial charge in [0.15, 0.2) is 0 Å². The highest BCUT2D eigenvalue weighted by Gasteiger charge is 2.18. The number of nitrogens with zero attached hydrogens (tertiary/aromatic N) is 3. The maximum absolute atomic E-state index is 12.6. The van der Waals surface area contributed by atoms with Crippen molar-refractivity contribution >= 4 is 15.9 Å². The van der Waals surface area contributed by atoms with Crippen LogP contribution in [0, 0.1) is 6.92 Å². The molecule has 1 aromatic carbocycles. The fraction of sp³-hybridized carbons (Fsp3) is 0.176. The number of benzene rings is 1. The van der Waals surface area contributed by atoms with Crippen molar-refractivity contribution in [2.75, 3.05) is 0 Å². The predicted octanol–water partition coefficient (Wildman–Crippen LogP) is 1.70. The van der Waals surface area contributed by atoms with Gasteiger partial charge in [-0.15, -0.1) is 0 Å². The molecule has 3 rings (SSSR count). The van der Waals surface area contributed by atoms with Gasteiger partial charge in [-0.3, -0.25) is 9.48 Å². The SMILES string of the molecule is Cc1ccc(S(=O)(=O)n2ccc(C(=O)NCc3ccn(C)n3)c2)cc1. The number of aromatic nitrogens is 3. The van der Waals surface area contributed by atoms with Crippen LogP contribution in [0.5, 0.6) is 0 Å². The first kappa shape index (κ1) is 17.0. The number of rotatable bonds is 5. The Morgan fingerprint density at radius 2 is 1.84 bits per heavy atom. The minimum absolute atomic E-state index is 0.175. The first-order valence-corrected chi connectivity index (χ1v) is 9.07. The Bertz CT molecular complexity index is 1000. The maximum atomic E-state index is 12.6. The van der Waals surface area contributed by atoms with Crippen LogP contribution >= 0.6 is 0 Å². The molecular formula is C17H18N4O3S. The van der Waals surface area contributed by atoms with E-state index in [0.717, 1.165) is 15.2 Å². The van der Waals surface area contributed by atoms with Crippen LogP contribution < -0.4 is 5.32 Å². The fourth-order valence-electron chi connectivity index (χ4n) is 2.32. The van der Waals surface area contributed by atoms with Crippen molar-refractivity contribution in [1.82, 2.24) is 19.1 Å². The molecule has 0 unspecified atom stereocenters. The molecule has 2 heterocycles. The summed E-state index contributed by atoms with van der Waals surface area (Å²) < 4.78 is 27.9. The molecule has 0 saturated carbocycles. The highest BCUT2D eigenvalue weighted by atomic mass is 32.2. The third kappa shape index (κ3) is 3.63. The molecule has 1 N–H and O–H groups in total. The van der Waals surface area contributed by atoms with E-state index >= 15 is 0 Å². The molecule has 0 radical (unpaired) electrons. The molecule has 0 bridgehead atoms. The van der Waals surface area contributed by atoms with E-state index in [2.05, 4.69) is 10.4 Å². The first-order valence-electron chi connectivity index (χ1n) is 7.63. The van der Waals surface area contributed by atoms with Gasteiger partial charge in [-0.05, 0) is 31.2 Å². The zero-order valence-electron chi connectivity index (χ0n) is 13.9. The molecule has 130 valence electrons. The Balaban J connectivity index is 1.75. The second-order valence-corrected chi connectivity index (χ2v) is 7.55. The summed E-state index contributed by atoms with van der Waals surface area (Å²) in [5.74, 6) is -0.358. The highest BCUT2D eigenvalue weighted by molar-refractivity contribution is 7.90. The molecule has 0 fully saturated rings. The van der Waals surface area contributed by atoms with Crippen LogP contribution in [0.4, 0.5) is 0 Å². The summed E-state index contributed by atoms with van der Waals surface area (Å²) in [5.41, 5.74) is 1.97. The Morgan fingerprint density at radius 1 is 1.12 bits per heavy atom. The first-order chi connectivity index (χ1) is 11.9. The molecule has 0 aliphatic rings. The molecule has 1 amide bonds. The molecule has 7 nitrogen and oxygen atoms in total. The Kier molecular flexibility index (Phi) is 4.45. The third-order valence-corrected chi connectivity index (χ3v) is 5.37. The normalized spacial score (nSPS) is 11.4. The molecule has 0 aliphatic heterocycles. The van der Waals surface area contributed by atoms with Crippen molar-refractivity contribution in [3.8, 4) is 0 Å². The summed E-state index contributed by atoms with van der Waals surface area (Å²) in [6.07, 6.45) is 4.46. The van der Waals surface area contributed by atoms with Crippen LogP contribution in [0.25, 0.3) is 0 Å². The van der Waals surface area contributed by atoms with Crippen molar-refractivity contribution in [3.05, 3.63) is 71.8 Å². The average molecular weight is 358 g/mol. The van der Waals surface area contributed by atoms with E-state index < -0.39 is 10.0 Å². The average Bonchev–Trinajstić information content (AvgIpc) is 3.22. The zero-order valence-corrected chi connectivity index (χ0v) is 14.7. The second-order valence-electron chi connectivity index (χ2n) is 5.71. The summed E-state index contributed by atoms with van der Waals surface area (Å²) in [6, 6.07) is 9.83. The summed E-state index contributed by atoms with van der Waals surface area (Å²) in [6.45, 7) is 2.16. The Hall–Kier alpha value is -2.87. The second kappa shape index (κ2) is 6.56. The van der Waals surface area contributed by atoms with Crippen LogP contribution in [0.3, 0.4) is 0 Å². The summed E-state index contributed by atoms with van der Waals surface area (Å²) >= 11 is 0. The lowest BCUT2D eigenvalue weighted by molar-refractivity contribution is 0.0950. The smallest absolute Gasteiger partial charge is 0.267 e. The molecule has 0 spiro atoms. The number of hydrogen-bond acceptors (Lipinski definition) is 4. The number of amides is 1. The van der Waals surface area contributed by atoms with Crippen molar-refractivity contribution in [2.45, 2.75) is 18.4 Å². The highest BCUT2D eigenvalue weighted by Crippen LogP contribution is 2.16. The Morgan fingerprint density at radius 3 is 2.48 bits per heavy atom. The van der Waals surface area contributed by atoms with Gasteiger partial charge in [0.1, 0.15) is 0 Å². The fourth-order valence-corrected chi connectivity index (χ4v) is 3.52. The lowest BCUT2D eigenvalue weighted by Crippen LogP contribution is -2.23. The topological polar surface area (TPSA) is 86.0 Å². The number of hydrogen-bond donors (Lipinski definition) is 1. The van der Waals surface area contributed by atoms with E-state index in [-0.39, 0.29) is 22.9 Å². The lowest BCUT2D eigenvalue weighted by atomic mass is 10.2.